The minimum Gasteiger partial charge on any atom is -0.487 e. The van der Waals surface area contributed by atoms with E-state index in [-0.39, 0.29) is 31.1 Å². The summed E-state index contributed by atoms with van der Waals surface area (Å²) in [6.07, 6.45) is 2.90. The highest BCUT2D eigenvalue weighted by Gasteiger charge is 2.24. The molecule has 0 bridgehead atoms. The first-order chi connectivity index (χ1) is 17.6. The first kappa shape index (κ1) is 29.8. The van der Waals surface area contributed by atoms with Gasteiger partial charge in [-0.25, -0.2) is 19.6 Å². The molecule has 2 rings (SSSR count). The van der Waals surface area contributed by atoms with Gasteiger partial charge in [-0.2, -0.15) is 0 Å². The van der Waals surface area contributed by atoms with Crippen LogP contribution in [0.1, 0.15) is 76.9 Å². The molecule has 206 valence electrons. The smallest absolute Gasteiger partial charge is 0.426 e. The Labute approximate surface area is 216 Å². The van der Waals surface area contributed by atoms with Gasteiger partial charge in [0.25, 0.3) is 5.91 Å². The summed E-state index contributed by atoms with van der Waals surface area (Å²) >= 11 is 0. The Kier molecular flexibility index (Phi) is 11.5. The number of carbonyl (C=O) groups excluding carboxylic acids is 2. The van der Waals surface area contributed by atoms with Crippen LogP contribution in [0.3, 0.4) is 0 Å². The molecular formula is C24H38N6O7. The Morgan fingerprint density at radius 2 is 1.84 bits per heavy atom. The summed E-state index contributed by atoms with van der Waals surface area (Å²) in [5.41, 5.74) is 1.67. The van der Waals surface area contributed by atoms with Crippen LogP contribution in [0.5, 0.6) is 5.75 Å². The van der Waals surface area contributed by atoms with Crippen molar-refractivity contribution in [3.63, 3.8) is 0 Å². The van der Waals surface area contributed by atoms with E-state index in [1.54, 1.807) is 25.5 Å². The largest absolute Gasteiger partial charge is 0.487 e. The van der Waals surface area contributed by atoms with Crippen LogP contribution in [0.15, 0.2) is 23.3 Å². The van der Waals surface area contributed by atoms with Gasteiger partial charge in [-0.05, 0) is 41.0 Å². The van der Waals surface area contributed by atoms with Crippen molar-refractivity contribution in [3.8, 4) is 5.75 Å². The number of hydrogen-bond acceptors (Lipinski definition) is 9. The van der Waals surface area contributed by atoms with Crippen LogP contribution >= 0.6 is 0 Å². The molecule has 13 nitrogen and oxygen atoms in total. The molecule has 2 heterocycles. The van der Waals surface area contributed by atoms with E-state index in [0.29, 0.717) is 25.3 Å². The molecule has 0 atom stereocenters. The average molecular weight is 523 g/mol. The second-order valence-electron chi connectivity index (χ2n) is 8.92. The first-order valence-corrected chi connectivity index (χ1v) is 12.4. The zero-order chi connectivity index (χ0) is 27.4. The summed E-state index contributed by atoms with van der Waals surface area (Å²) in [4.78, 5) is 38.2. The van der Waals surface area contributed by atoms with Crippen molar-refractivity contribution in [1.82, 2.24) is 25.0 Å². The SMILES string of the molecule is CCCCOc1c(C(=O)NCCn2nncc2C(OCC)OCC)n(NC(=O)OC(C)(C)C)ccc1=O. The van der Waals surface area contributed by atoms with Crippen LogP contribution in [0.2, 0.25) is 0 Å². The predicted octanol–water partition coefficient (Wildman–Crippen LogP) is 2.60. The monoisotopic (exact) mass is 522 g/mol. The molecule has 0 radical (unpaired) electrons. The van der Waals surface area contributed by atoms with Gasteiger partial charge in [0.05, 0.1) is 19.3 Å². The molecule has 2 amide bonds. The lowest BCUT2D eigenvalue weighted by Crippen LogP contribution is -2.38. The summed E-state index contributed by atoms with van der Waals surface area (Å²) in [6, 6.07) is 1.21. The summed E-state index contributed by atoms with van der Waals surface area (Å²) in [6.45, 7) is 12.3. The van der Waals surface area contributed by atoms with Crippen molar-refractivity contribution in [3.05, 3.63) is 40.1 Å². The third-order valence-electron chi connectivity index (χ3n) is 4.76. The Morgan fingerprint density at radius 3 is 2.46 bits per heavy atom. The van der Waals surface area contributed by atoms with Gasteiger partial charge in [0.15, 0.2) is 11.4 Å². The number of hydrogen-bond donors (Lipinski definition) is 2. The number of aromatic nitrogens is 4. The van der Waals surface area contributed by atoms with Crippen LogP contribution in [0, 0.1) is 0 Å². The normalized spacial score (nSPS) is 11.4. The standard InChI is InChI=1S/C24H38N6O7/c1-7-10-15-36-20-18(31)11-13-30(27-23(33)37-24(4,5)6)19(20)21(32)25-12-14-29-17(16-26-28-29)22(34-8-2)35-9-3/h11,13,16,22H,7-10,12,14-15H2,1-6H3,(H,25,32)(H,27,33). The van der Waals surface area contributed by atoms with Crippen LogP contribution in [-0.4, -0.2) is 63.6 Å². The maximum atomic E-state index is 13.3. The molecule has 0 aliphatic heterocycles. The maximum Gasteiger partial charge on any atom is 0.426 e. The topological polar surface area (TPSA) is 148 Å². The molecule has 2 aromatic rings. The number of nitrogens with one attached hydrogen (secondary N) is 2. The van der Waals surface area contributed by atoms with Crippen LogP contribution in [-0.2, 0) is 20.8 Å². The fraction of sp³-hybridized carbons (Fsp3) is 0.625. The van der Waals surface area contributed by atoms with E-state index in [2.05, 4.69) is 21.1 Å². The molecule has 13 heteroatoms. The fourth-order valence-corrected chi connectivity index (χ4v) is 3.18. The quantitative estimate of drug-likeness (QED) is 0.282. The second-order valence-corrected chi connectivity index (χ2v) is 8.92. The molecule has 0 aliphatic carbocycles. The van der Waals surface area contributed by atoms with Crippen molar-refractivity contribution in [1.29, 1.82) is 0 Å². The summed E-state index contributed by atoms with van der Waals surface area (Å²) in [5.74, 6) is -0.799. The Hall–Kier alpha value is -3.45. The summed E-state index contributed by atoms with van der Waals surface area (Å²) < 4.78 is 24.8. The van der Waals surface area contributed by atoms with Crippen LogP contribution in [0.4, 0.5) is 4.79 Å². The van der Waals surface area contributed by atoms with E-state index in [4.69, 9.17) is 18.9 Å². The summed E-state index contributed by atoms with van der Waals surface area (Å²) in [5, 5.41) is 10.7. The van der Waals surface area contributed by atoms with Crippen molar-refractivity contribution >= 4 is 12.0 Å². The Bertz CT molecular complexity index is 1070. The molecule has 0 unspecified atom stereocenters. The molecule has 0 fully saturated rings. The zero-order valence-corrected chi connectivity index (χ0v) is 22.4. The Morgan fingerprint density at radius 1 is 1.14 bits per heavy atom. The highest BCUT2D eigenvalue weighted by Crippen LogP contribution is 2.18. The van der Waals surface area contributed by atoms with Crippen molar-refractivity contribution in [2.24, 2.45) is 0 Å². The van der Waals surface area contributed by atoms with Crippen molar-refractivity contribution < 1.29 is 28.5 Å². The van der Waals surface area contributed by atoms with Crippen LogP contribution in [0.25, 0.3) is 0 Å². The molecular weight excluding hydrogens is 484 g/mol. The number of nitrogens with zero attached hydrogens (tertiary/aromatic N) is 4. The number of unbranched alkanes of at least 4 members (excludes halogenated alkanes) is 1. The lowest BCUT2D eigenvalue weighted by atomic mass is 10.2. The molecule has 0 spiro atoms. The highest BCUT2D eigenvalue weighted by atomic mass is 16.7. The van der Waals surface area contributed by atoms with Gasteiger partial charge < -0.3 is 24.3 Å². The van der Waals surface area contributed by atoms with Gasteiger partial charge >= 0.3 is 6.09 Å². The molecule has 37 heavy (non-hydrogen) atoms. The maximum absolute atomic E-state index is 13.3. The van der Waals surface area contributed by atoms with Gasteiger partial charge in [-0.3, -0.25) is 9.59 Å². The number of rotatable bonds is 14. The summed E-state index contributed by atoms with van der Waals surface area (Å²) in [7, 11) is 0. The Balaban J connectivity index is 2.24. The molecule has 0 aromatic carbocycles. The molecule has 0 saturated carbocycles. The van der Waals surface area contributed by atoms with E-state index < -0.39 is 29.3 Å². The molecule has 0 saturated heterocycles. The number of carbonyl (C=O) groups is 2. The van der Waals surface area contributed by atoms with E-state index in [9.17, 15) is 14.4 Å². The third kappa shape index (κ3) is 9.17. The minimum absolute atomic E-state index is 0.129. The number of pyridine rings is 1. The number of ether oxygens (including phenoxy) is 4. The number of amides is 2. The van der Waals surface area contributed by atoms with E-state index >= 15 is 0 Å². The minimum atomic E-state index is -0.796. The van der Waals surface area contributed by atoms with E-state index in [1.165, 1.54) is 18.5 Å². The predicted molar refractivity (Wildman–Crippen MR) is 135 cm³/mol. The van der Waals surface area contributed by atoms with Gasteiger partial charge in [-0.1, -0.05) is 18.6 Å². The van der Waals surface area contributed by atoms with Crippen molar-refractivity contribution in [2.45, 2.75) is 72.8 Å². The first-order valence-electron chi connectivity index (χ1n) is 12.4. The molecule has 0 aliphatic rings. The average Bonchev–Trinajstić information content (AvgIpc) is 3.28. The van der Waals surface area contributed by atoms with Gasteiger partial charge in [-0.15, -0.1) is 5.10 Å². The molecule has 2 N–H and O–H groups in total. The fourth-order valence-electron chi connectivity index (χ4n) is 3.18. The highest BCUT2D eigenvalue weighted by molar-refractivity contribution is 5.96. The second kappa shape index (κ2) is 14.3. The van der Waals surface area contributed by atoms with Gasteiger partial charge in [0.2, 0.25) is 11.7 Å². The lowest BCUT2D eigenvalue weighted by molar-refractivity contribution is -0.144. The zero-order valence-electron chi connectivity index (χ0n) is 22.4. The van der Waals surface area contributed by atoms with E-state index in [0.717, 1.165) is 11.1 Å². The molecule has 2 aromatic heterocycles. The third-order valence-corrected chi connectivity index (χ3v) is 4.76. The van der Waals surface area contributed by atoms with Gasteiger partial charge in [0, 0.05) is 32.0 Å². The van der Waals surface area contributed by atoms with Crippen LogP contribution < -0.4 is 20.9 Å². The van der Waals surface area contributed by atoms with Crippen molar-refractivity contribution in [2.75, 3.05) is 31.8 Å². The van der Waals surface area contributed by atoms with Gasteiger partial charge in [0.1, 0.15) is 11.3 Å². The van der Waals surface area contributed by atoms with E-state index in [1.807, 2.05) is 20.8 Å². The lowest BCUT2D eigenvalue weighted by Gasteiger charge is -2.22.